The molecule has 0 bridgehead atoms. The number of anilines is 1. The van der Waals surface area contributed by atoms with Gasteiger partial charge >= 0.3 is 12.1 Å². The molecule has 2 atom stereocenters. The first kappa shape index (κ1) is 39.9. The predicted octanol–water partition coefficient (Wildman–Crippen LogP) is 8.08. The third-order valence-electron chi connectivity index (χ3n) is 8.22. The first-order valence-corrected chi connectivity index (χ1v) is 18.2. The van der Waals surface area contributed by atoms with Crippen LogP contribution in [0.15, 0.2) is 53.1 Å². The number of carbonyl (C=O) groups is 3. The minimum Gasteiger partial charge on any atom is -0.460 e. The molecular formula is C36H44ClF3N6O4S. The molecule has 0 radical (unpaired) electrons. The van der Waals surface area contributed by atoms with Crippen LogP contribution in [0.1, 0.15) is 105 Å². The van der Waals surface area contributed by atoms with Crippen molar-refractivity contribution in [3.63, 3.8) is 0 Å². The molecule has 0 saturated carbocycles. The molecule has 276 valence electrons. The van der Waals surface area contributed by atoms with Gasteiger partial charge < -0.3 is 20.3 Å². The number of nitrogens with zero attached hydrogens (tertiary/aromatic N) is 4. The Labute approximate surface area is 305 Å². The number of ether oxygens (including phenoxy) is 1. The molecule has 15 heteroatoms. The lowest BCUT2D eigenvalue weighted by Crippen LogP contribution is -2.32. The van der Waals surface area contributed by atoms with Crippen LogP contribution in [-0.4, -0.2) is 63.6 Å². The summed E-state index contributed by atoms with van der Waals surface area (Å²) in [5.74, 6) is -1.59. The summed E-state index contributed by atoms with van der Waals surface area (Å²) in [6, 6.07) is 0.0676. The number of esters is 1. The van der Waals surface area contributed by atoms with Gasteiger partial charge in [0.1, 0.15) is 27.0 Å². The zero-order valence-electron chi connectivity index (χ0n) is 29.2. The molecule has 0 aromatic carbocycles. The van der Waals surface area contributed by atoms with Crippen molar-refractivity contribution in [2.24, 2.45) is 10.9 Å². The highest BCUT2D eigenvalue weighted by Gasteiger charge is 2.34. The molecule has 51 heavy (non-hydrogen) atoms. The molecule has 0 aliphatic carbocycles. The molecular weight excluding hydrogens is 705 g/mol. The number of nitrogens with one attached hydrogen (secondary N) is 2. The summed E-state index contributed by atoms with van der Waals surface area (Å²) in [7, 11) is 0. The largest absolute Gasteiger partial charge is 0.460 e. The smallest absolute Gasteiger partial charge is 0.418 e. The predicted molar refractivity (Wildman–Crippen MR) is 192 cm³/mol. The van der Waals surface area contributed by atoms with E-state index >= 15 is 0 Å². The first-order chi connectivity index (χ1) is 24.1. The number of allylic oxidation sites excluding steroid dienone is 2. The van der Waals surface area contributed by atoms with Gasteiger partial charge in [-0.2, -0.15) is 13.2 Å². The average Bonchev–Trinajstić information content (AvgIpc) is 3.56. The van der Waals surface area contributed by atoms with Crippen LogP contribution >= 0.6 is 22.9 Å². The number of thiazole rings is 1. The second-order valence-electron chi connectivity index (χ2n) is 13.6. The second kappa shape index (κ2) is 18.1. The van der Waals surface area contributed by atoms with E-state index in [1.165, 1.54) is 12.4 Å². The standard InChI is InChI=1S/C36H44ClF3N6O4S/c1-23(33-43-22-29(51-33)32(48)45-30-20-26(36(38,39)40)27(37)21-42-30)44-31(47)28-19-24(11-5-7-15-41-28)12-9-17-46-16-8-6-13-25(14-10-18-46)34(49)50-35(2,3)4/h5,15,19-23,25H,6,8-14,16-18H2,1-4H3,(H,44,47)(H,42,45,48)/b24-19+,41-28+. The van der Waals surface area contributed by atoms with E-state index in [9.17, 15) is 27.6 Å². The Balaban J connectivity index is 1.29. The average molecular weight is 749 g/mol. The van der Waals surface area contributed by atoms with Crippen molar-refractivity contribution in [1.82, 2.24) is 20.2 Å². The highest BCUT2D eigenvalue weighted by molar-refractivity contribution is 7.13. The fourth-order valence-corrected chi connectivity index (χ4v) is 6.71. The second-order valence-corrected chi connectivity index (χ2v) is 15.1. The van der Waals surface area contributed by atoms with Crippen molar-refractivity contribution < 1.29 is 32.3 Å². The third kappa shape index (κ3) is 12.7. The maximum absolute atomic E-state index is 13.3. The molecule has 2 unspecified atom stereocenters. The molecule has 4 heterocycles. The Morgan fingerprint density at radius 1 is 1.10 bits per heavy atom. The van der Waals surface area contributed by atoms with Crippen molar-refractivity contribution in [2.75, 3.05) is 25.0 Å². The molecule has 4 rings (SSSR count). The van der Waals surface area contributed by atoms with Crippen LogP contribution in [0.25, 0.3) is 0 Å². The number of hydrogen-bond acceptors (Lipinski definition) is 9. The van der Waals surface area contributed by atoms with E-state index in [1.54, 1.807) is 13.0 Å². The van der Waals surface area contributed by atoms with Gasteiger partial charge in [0.05, 0.1) is 34.9 Å². The first-order valence-electron chi connectivity index (χ1n) is 17.0. The third-order valence-corrected chi connectivity index (χ3v) is 9.70. The monoisotopic (exact) mass is 748 g/mol. The van der Waals surface area contributed by atoms with Crippen LogP contribution in [-0.2, 0) is 20.5 Å². The Bertz CT molecular complexity index is 1690. The zero-order valence-corrected chi connectivity index (χ0v) is 30.8. The van der Waals surface area contributed by atoms with Crippen LogP contribution in [0.4, 0.5) is 19.0 Å². The lowest BCUT2D eigenvalue weighted by Gasteiger charge is -2.24. The van der Waals surface area contributed by atoms with E-state index in [0.717, 1.165) is 87.7 Å². The Morgan fingerprint density at radius 3 is 2.59 bits per heavy atom. The summed E-state index contributed by atoms with van der Waals surface area (Å²) in [6.45, 7) is 10.2. The quantitative estimate of drug-likeness (QED) is 0.186. The lowest BCUT2D eigenvalue weighted by molar-refractivity contribution is -0.160. The number of halogens is 4. The number of aromatic nitrogens is 2. The SMILES string of the molecule is CC(NC(=O)C1=N/C=C=CC/C(CCCN2CCCCC(C(=O)OC(C)(C)C)CCC2)=C\1)c1ncc(C(=O)Nc2cc(C(F)(F)F)c(Cl)cn2)s1. The van der Waals surface area contributed by atoms with E-state index in [1.807, 2.05) is 26.8 Å². The summed E-state index contributed by atoms with van der Waals surface area (Å²) < 4.78 is 45.3. The molecule has 1 fully saturated rings. The van der Waals surface area contributed by atoms with Gasteiger partial charge in [0, 0.05) is 6.20 Å². The minimum absolute atomic E-state index is 0.0520. The van der Waals surface area contributed by atoms with Crippen molar-refractivity contribution >= 4 is 52.3 Å². The Kier molecular flexibility index (Phi) is 14.2. The molecule has 2 aromatic heterocycles. The maximum Gasteiger partial charge on any atom is 0.418 e. The number of carbonyl (C=O) groups excluding carboxylic acids is 3. The fourth-order valence-electron chi connectivity index (χ4n) is 5.68. The van der Waals surface area contributed by atoms with Crippen LogP contribution < -0.4 is 10.6 Å². The van der Waals surface area contributed by atoms with Crippen molar-refractivity contribution in [1.29, 1.82) is 0 Å². The summed E-state index contributed by atoms with van der Waals surface area (Å²) in [5.41, 5.74) is 2.66. The normalized spacial score (nSPS) is 20.3. The van der Waals surface area contributed by atoms with Gasteiger partial charge in [0.2, 0.25) is 0 Å². The topological polar surface area (TPSA) is 126 Å². The van der Waals surface area contributed by atoms with Gasteiger partial charge in [-0.25, -0.2) is 15.0 Å². The van der Waals surface area contributed by atoms with E-state index < -0.39 is 40.2 Å². The van der Waals surface area contributed by atoms with Gasteiger partial charge in [-0.1, -0.05) is 23.6 Å². The maximum atomic E-state index is 13.3. The van der Waals surface area contributed by atoms with Crippen LogP contribution in [0, 0.1) is 5.92 Å². The molecule has 2 aliphatic heterocycles. The van der Waals surface area contributed by atoms with Crippen LogP contribution in [0.3, 0.4) is 0 Å². The number of alkyl halides is 3. The molecule has 2 amide bonds. The van der Waals surface area contributed by atoms with Gasteiger partial charge in [0.25, 0.3) is 11.8 Å². The van der Waals surface area contributed by atoms with E-state index in [2.05, 4.69) is 36.2 Å². The minimum atomic E-state index is -4.71. The molecule has 1 saturated heterocycles. The summed E-state index contributed by atoms with van der Waals surface area (Å²) >= 11 is 6.60. The molecule has 2 aromatic rings. The van der Waals surface area contributed by atoms with Gasteiger partial charge in [-0.05, 0) is 110 Å². The summed E-state index contributed by atoms with van der Waals surface area (Å²) in [6.07, 6.45) is 9.45. The van der Waals surface area contributed by atoms with E-state index in [0.29, 0.717) is 17.5 Å². The van der Waals surface area contributed by atoms with Crippen LogP contribution in [0.2, 0.25) is 5.02 Å². The summed E-state index contributed by atoms with van der Waals surface area (Å²) in [5, 5.41) is 5.04. The van der Waals surface area contributed by atoms with Gasteiger partial charge in [-0.15, -0.1) is 17.1 Å². The number of hydrogen-bond donors (Lipinski definition) is 2. The van der Waals surface area contributed by atoms with E-state index in [4.69, 9.17) is 16.3 Å². The molecule has 2 aliphatic rings. The molecule has 10 nitrogen and oxygen atoms in total. The zero-order chi connectivity index (χ0) is 37.2. The van der Waals surface area contributed by atoms with Crippen molar-refractivity contribution in [2.45, 2.75) is 96.9 Å². The van der Waals surface area contributed by atoms with Gasteiger partial charge in [0.15, 0.2) is 0 Å². The van der Waals surface area contributed by atoms with Crippen LogP contribution in [0.5, 0.6) is 0 Å². The van der Waals surface area contributed by atoms with Crippen molar-refractivity contribution in [3.05, 3.63) is 68.6 Å². The number of pyridine rings is 1. The molecule has 2 N–H and O–H groups in total. The number of aliphatic imine (C=N–C) groups is 1. The van der Waals surface area contributed by atoms with Crippen molar-refractivity contribution in [3.8, 4) is 0 Å². The highest BCUT2D eigenvalue weighted by Crippen LogP contribution is 2.35. The fraction of sp³-hybridized carbons (Fsp3) is 0.528. The van der Waals surface area contributed by atoms with E-state index in [-0.39, 0.29) is 28.3 Å². The number of amides is 2. The Hall–Kier alpha value is -3.84. The number of rotatable bonds is 10. The van der Waals surface area contributed by atoms with Gasteiger partial charge in [-0.3, -0.25) is 14.4 Å². The Morgan fingerprint density at radius 2 is 1.84 bits per heavy atom. The summed E-state index contributed by atoms with van der Waals surface area (Å²) in [4.78, 5) is 53.6. The highest BCUT2D eigenvalue weighted by atomic mass is 35.5. The lowest BCUT2D eigenvalue weighted by atomic mass is 9.97. The molecule has 0 spiro atoms.